The molecule has 220 valence electrons. The highest BCUT2D eigenvalue weighted by molar-refractivity contribution is 6.30. The second kappa shape index (κ2) is 11.3. The second-order valence-electron chi connectivity index (χ2n) is 11.3. The molecule has 1 amide bonds. The fourth-order valence-corrected chi connectivity index (χ4v) is 5.31. The van der Waals surface area contributed by atoms with Gasteiger partial charge >= 0.3 is 5.97 Å². The Balaban J connectivity index is 1.70. The van der Waals surface area contributed by atoms with E-state index < -0.39 is 29.4 Å². The zero-order chi connectivity index (χ0) is 30.3. The molecular formula is C31H32ClFN4O5. The molecule has 0 aliphatic carbocycles. The van der Waals surface area contributed by atoms with Gasteiger partial charge in [-0.1, -0.05) is 23.7 Å². The summed E-state index contributed by atoms with van der Waals surface area (Å²) in [4.78, 5) is 30.4. The van der Waals surface area contributed by atoms with Crippen LogP contribution in [-0.4, -0.2) is 43.8 Å². The van der Waals surface area contributed by atoms with E-state index in [-0.39, 0.29) is 29.2 Å². The van der Waals surface area contributed by atoms with Crippen molar-refractivity contribution in [3.05, 3.63) is 80.9 Å². The molecular weight excluding hydrogens is 563 g/mol. The minimum Gasteiger partial charge on any atom is -0.490 e. The Hall–Kier alpha value is -4.02. The van der Waals surface area contributed by atoms with Crippen LogP contribution in [-0.2, 0) is 22.5 Å². The number of nitrogens with one attached hydrogen (secondary N) is 1. The third-order valence-corrected chi connectivity index (χ3v) is 7.33. The van der Waals surface area contributed by atoms with Crippen LogP contribution in [0.3, 0.4) is 0 Å². The zero-order valence-electron chi connectivity index (χ0n) is 24.0. The topological polar surface area (TPSA) is 115 Å². The van der Waals surface area contributed by atoms with E-state index in [1.807, 2.05) is 6.92 Å². The maximum atomic E-state index is 15.5. The number of ether oxygens (including phenoxy) is 2. The van der Waals surface area contributed by atoms with Crippen molar-refractivity contribution < 1.29 is 28.6 Å². The lowest BCUT2D eigenvalue weighted by Gasteiger charge is -2.28. The first-order valence-electron chi connectivity index (χ1n) is 13.6. The van der Waals surface area contributed by atoms with Crippen molar-refractivity contribution in [1.29, 1.82) is 0 Å². The largest absolute Gasteiger partial charge is 0.490 e. The van der Waals surface area contributed by atoms with Crippen LogP contribution < -0.4 is 10.1 Å². The van der Waals surface area contributed by atoms with Crippen LogP contribution in [0.5, 0.6) is 5.75 Å². The maximum absolute atomic E-state index is 15.5. The average molecular weight is 595 g/mol. The Morgan fingerprint density at radius 3 is 2.60 bits per heavy atom. The van der Waals surface area contributed by atoms with Crippen molar-refractivity contribution in [2.75, 3.05) is 6.61 Å². The number of hydrogen-bond acceptors (Lipinski definition) is 6. The molecule has 9 nitrogen and oxygen atoms in total. The Labute approximate surface area is 247 Å². The van der Waals surface area contributed by atoms with Crippen LogP contribution in [0.2, 0.25) is 5.02 Å². The van der Waals surface area contributed by atoms with Gasteiger partial charge in [-0.05, 0) is 76.8 Å². The number of hydrogen-bond donors (Lipinski definition) is 2. The van der Waals surface area contributed by atoms with Gasteiger partial charge in [0.2, 0.25) is 0 Å². The van der Waals surface area contributed by atoms with Crippen molar-refractivity contribution in [1.82, 2.24) is 19.9 Å². The third-order valence-electron chi connectivity index (χ3n) is 7.08. The van der Waals surface area contributed by atoms with E-state index in [2.05, 4.69) is 15.4 Å². The van der Waals surface area contributed by atoms with Gasteiger partial charge in [0.25, 0.3) is 5.91 Å². The number of nitrogens with zero attached hydrogens (tertiary/aromatic N) is 3. The highest BCUT2D eigenvalue weighted by Crippen LogP contribution is 2.41. The van der Waals surface area contributed by atoms with E-state index in [0.717, 1.165) is 17.5 Å². The lowest BCUT2D eigenvalue weighted by atomic mass is 9.91. The number of carbonyl (C=O) groups excluding carboxylic acids is 1. The number of carboxylic acids is 1. The van der Waals surface area contributed by atoms with Crippen molar-refractivity contribution in [3.63, 3.8) is 0 Å². The smallest absolute Gasteiger partial charge is 0.337 e. The van der Waals surface area contributed by atoms with Crippen LogP contribution in [0.4, 0.5) is 4.39 Å². The third kappa shape index (κ3) is 5.82. The number of carbonyl (C=O) groups is 2. The van der Waals surface area contributed by atoms with Gasteiger partial charge in [-0.3, -0.25) is 4.79 Å². The van der Waals surface area contributed by atoms with Gasteiger partial charge in [0, 0.05) is 40.0 Å². The predicted octanol–water partition coefficient (Wildman–Crippen LogP) is 6.00. The maximum Gasteiger partial charge on any atom is 0.337 e. The first-order chi connectivity index (χ1) is 19.8. The molecule has 0 bridgehead atoms. The fourth-order valence-electron chi connectivity index (χ4n) is 5.18. The summed E-state index contributed by atoms with van der Waals surface area (Å²) in [6.45, 7) is 9.43. The van der Waals surface area contributed by atoms with E-state index >= 15 is 4.39 Å². The van der Waals surface area contributed by atoms with E-state index in [4.69, 9.17) is 21.1 Å². The Morgan fingerprint density at radius 1 is 1.21 bits per heavy atom. The van der Waals surface area contributed by atoms with Crippen LogP contribution in [0.15, 0.2) is 36.4 Å². The molecule has 0 unspecified atom stereocenters. The normalized spacial score (nSPS) is 13.9. The average Bonchev–Trinajstić information content (AvgIpc) is 3.36. The molecule has 1 aliphatic heterocycles. The summed E-state index contributed by atoms with van der Waals surface area (Å²) < 4.78 is 28.6. The lowest BCUT2D eigenvalue weighted by molar-refractivity contribution is -0.160. The molecule has 1 aliphatic rings. The van der Waals surface area contributed by atoms with Crippen molar-refractivity contribution in [2.24, 2.45) is 0 Å². The summed E-state index contributed by atoms with van der Waals surface area (Å²) in [5.41, 5.74) is 3.11. The first-order valence-corrected chi connectivity index (χ1v) is 14.0. The Bertz CT molecular complexity index is 1690. The molecule has 0 fully saturated rings. The predicted molar refractivity (Wildman–Crippen MR) is 156 cm³/mol. The van der Waals surface area contributed by atoms with Gasteiger partial charge in [-0.25, -0.2) is 18.7 Å². The summed E-state index contributed by atoms with van der Waals surface area (Å²) >= 11 is 5.96. The van der Waals surface area contributed by atoms with Gasteiger partial charge in [-0.2, -0.15) is 5.10 Å². The number of aliphatic carboxylic acids is 1. The number of halogens is 2. The molecule has 4 aromatic rings. The lowest BCUT2D eigenvalue weighted by Crippen LogP contribution is -2.29. The molecule has 0 saturated heterocycles. The number of fused-ring (bicyclic) bond motifs is 2. The van der Waals surface area contributed by atoms with Crippen LogP contribution in [0.25, 0.3) is 16.9 Å². The molecule has 0 radical (unpaired) electrons. The first kappa shape index (κ1) is 29.5. The van der Waals surface area contributed by atoms with Gasteiger partial charge in [0.1, 0.15) is 0 Å². The van der Waals surface area contributed by atoms with Crippen molar-refractivity contribution in [2.45, 2.75) is 65.7 Å². The summed E-state index contributed by atoms with van der Waals surface area (Å²) in [5.74, 6) is -2.05. The summed E-state index contributed by atoms with van der Waals surface area (Å²) in [7, 11) is 0. The van der Waals surface area contributed by atoms with E-state index in [1.54, 1.807) is 52.0 Å². The number of benzene rings is 2. The van der Waals surface area contributed by atoms with Gasteiger partial charge in [0.15, 0.2) is 29.0 Å². The van der Waals surface area contributed by atoms with E-state index in [1.165, 1.54) is 16.6 Å². The number of rotatable bonds is 7. The molecule has 5 rings (SSSR count). The molecule has 1 atom stereocenters. The van der Waals surface area contributed by atoms with Crippen molar-refractivity contribution in [3.8, 4) is 17.0 Å². The molecule has 2 aromatic carbocycles. The molecule has 42 heavy (non-hydrogen) atoms. The van der Waals surface area contributed by atoms with Gasteiger partial charge in [0.05, 0.1) is 17.9 Å². The summed E-state index contributed by atoms with van der Waals surface area (Å²) in [5, 5.41) is 18.3. The van der Waals surface area contributed by atoms with Gasteiger partial charge < -0.3 is 19.9 Å². The summed E-state index contributed by atoms with van der Waals surface area (Å²) in [6.07, 6.45) is -0.121. The highest BCUT2D eigenvalue weighted by Gasteiger charge is 2.35. The number of aromatic nitrogens is 3. The molecule has 3 heterocycles. The van der Waals surface area contributed by atoms with Crippen LogP contribution in [0.1, 0.15) is 71.7 Å². The standard InChI is InChI=1S/C31H32ClFN4O5/c1-16-20-7-6-12-41-27(20)22(33)13-21(16)26-25(28(30(39)40)42-31(3,4)5)17(2)35-24-14-23(36-37(24)26)29(38)34-15-18-8-10-19(32)11-9-18/h8-11,13-14,28H,6-7,12,15H2,1-5H3,(H,34,38)(H,39,40)/t28-/m0/s1. The Kier molecular flexibility index (Phi) is 7.96. The zero-order valence-corrected chi connectivity index (χ0v) is 24.8. The van der Waals surface area contributed by atoms with Crippen LogP contribution >= 0.6 is 11.6 Å². The van der Waals surface area contributed by atoms with Crippen molar-refractivity contribution >= 4 is 29.1 Å². The molecule has 2 N–H and O–H groups in total. The fraction of sp³-hybridized carbons (Fsp3) is 0.355. The highest BCUT2D eigenvalue weighted by atomic mass is 35.5. The summed E-state index contributed by atoms with van der Waals surface area (Å²) in [6, 6.07) is 9.93. The number of carboxylic acid groups (broad SMARTS) is 1. The monoisotopic (exact) mass is 594 g/mol. The number of amides is 1. The molecule has 0 saturated carbocycles. The van der Waals surface area contributed by atoms with E-state index in [0.29, 0.717) is 40.5 Å². The number of aryl methyl sites for hydroxylation is 1. The molecule has 0 spiro atoms. The second-order valence-corrected chi connectivity index (χ2v) is 11.7. The molecule has 11 heteroatoms. The Morgan fingerprint density at radius 2 is 1.93 bits per heavy atom. The van der Waals surface area contributed by atoms with Gasteiger partial charge in [-0.15, -0.1) is 0 Å². The minimum absolute atomic E-state index is 0.0669. The molecule has 2 aromatic heterocycles. The van der Waals surface area contributed by atoms with Crippen LogP contribution in [0, 0.1) is 19.7 Å². The van der Waals surface area contributed by atoms with E-state index in [9.17, 15) is 14.7 Å². The minimum atomic E-state index is -1.45. The quantitative estimate of drug-likeness (QED) is 0.270. The SMILES string of the molecule is Cc1nc2cc(C(=O)NCc3ccc(Cl)cc3)nn2c(-c2cc(F)c3c(c2C)CCCO3)c1[C@H](OC(C)(C)C)C(=O)O.